The Morgan fingerprint density at radius 3 is 2.05 bits per heavy atom. The van der Waals surface area contributed by atoms with Crippen molar-refractivity contribution in [2.24, 2.45) is 0 Å². The van der Waals surface area contributed by atoms with Gasteiger partial charge in [-0.05, 0) is 54.6 Å². The zero-order valence-corrected chi connectivity index (χ0v) is 20.3. The molecule has 4 rings (SSSR count). The molecule has 0 saturated heterocycles. The molecule has 1 N–H and O–H groups in total. The van der Waals surface area contributed by atoms with Gasteiger partial charge in [0, 0.05) is 18.2 Å². The second-order valence-electron chi connectivity index (χ2n) is 7.78. The molecule has 1 amide bonds. The molecule has 38 heavy (non-hydrogen) atoms. The fourth-order valence-electron chi connectivity index (χ4n) is 3.38. The van der Waals surface area contributed by atoms with Crippen molar-refractivity contribution < 1.29 is 41.0 Å². The second kappa shape index (κ2) is 9.80. The number of sulfone groups is 1. The fraction of sp³-hybridized carbons (Fsp3) is 0.0833. The number of aromatic nitrogens is 2. The maximum Gasteiger partial charge on any atom is 0.501 e. The van der Waals surface area contributed by atoms with Gasteiger partial charge in [-0.2, -0.15) is 31.4 Å². The average Bonchev–Trinajstić information content (AvgIpc) is 3.30. The molecule has 0 aliphatic heterocycles. The van der Waals surface area contributed by atoms with Gasteiger partial charge >= 0.3 is 11.7 Å². The van der Waals surface area contributed by atoms with Crippen molar-refractivity contribution in [1.29, 1.82) is 0 Å². The van der Waals surface area contributed by atoms with Crippen LogP contribution in [0.5, 0.6) is 0 Å². The highest BCUT2D eigenvalue weighted by atomic mass is 35.5. The second-order valence-corrected chi connectivity index (χ2v) is 10.1. The Balaban J connectivity index is 0.00000420. The minimum Gasteiger partial charge on any atom is -0.322 e. The molecule has 6 nitrogen and oxygen atoms in total. The van der Waals surface area contributed by atoms with Crippen molar-refractivity contribution in [3.05, 3.63) is 95.1 Å². The third-order valence-electron chi connectivity index (χ3n) is 5.25. The Hall–Kier alpha value is -3.84. The van der Waals surface area contributed by atoms with Gasteiger partial charge in [0.2, 0.25) is 0 Å². The van der Waals surface area contributed by atoms with Crippen LogP contribution in [0.25, 0.3) is 16.9 Å². The number of hydrogen-bond donors (Lipinski definition) is 1. The summed E-state index contributed by atoms with van der Waals surface area (Å²) >= 11 is 6.16. The predicted molar refractivity (Wildman–Crippen MR) is 129 cm³/mol. The molecule has 0 bridgehead atoms. The van der Waals surface area contributed by atoms with Crippen molar-refractivity contribution in [2.75, 3.05) is 5.32 Å². The van der Waals surface area contributed by atoms with Gasteiger partial charge in [-0.3, -0.25) is 4.79 Å². The predicted octanol–water partition coefficient (Wildman–Crippen LogP) is 7.00. The van der Waals surface area contributed by atoms with Crippen LogP contribution in [0.4, 0.5) is 32.0 Å². The van der Waals surface area contributed by atoms with E-state index in [1.54, 1.807) is 12.1 Å². The van der Waals surface area contributed by atoms with Crippen LogP contribution >= 0.6 is 11.6 Å². The van der Waals surface area contributed by atoms with Gasteiger partial charge in [0.25, 0.3) is 15.7 Å². The molecule has 0 radical (unpaired) electrons. The average molecular weight is 576 g/mol. The molecule has 0 spiro atoms. The summed E-state index contributed by atoms with van der Waals surface area (Å²) in [6, 6.07) is 15.8. The van der Waals surface area contributed by atoms with Gasteiger partial charge in [-0.15, -0.1) is 0 Å². The topological polar surface area (TPSA) is 81.1 Å². The minimum absolute atomic E-state index is 0. The molecule has 0 aliphatic carbocycles. The minimum atomic E-state index is -5.54. The van der Waals surface area contributed by atoms with E-state index < -0.39 is 38.0 Å². The van der Waals surface area contributed by atoms with Crippen LogP contribution < -0.4 is 5.32 Å². The lowest BCUT2D eigenvalue weighted by molar-refractivity contribution is -0.141. The molecule has 4 aromatic rings. The zero-order valence-electron chi connectivity index (χ0n) is 18.7. The summed E-state index contributed by atoms with van der Waals surface area (Å²) in [5.41, 5.74) is -5.98. The number of nitrogens with one attached hydrogen (secondary N) is 1. The molecule has 0 aliphatic rings. The van der Waals surface area contributed by atoms with Gasteiger partial charge < -0.3 is 5.32 Å². The van der Waals surface area contributed by atoms with Gasteiger partial charge in [-0.1, -0.05) is 35.9 Å². The van der Waals surface area contributed by atoms with E-state index in [-0.39, 0.29) is 34.6 Å². The van der Waals surface area contributed by atoms with E-state index in [2.05, 4.69) is 10.4 Å². The number of amides is 1. The van der Waals surface area contributed by atoms with Crippen molar-refractivity contribution in [3.8, 4) is 16.9 Å². The summed E-state index contributed by atoms with van der Waals surface area (Å²) in [7, 11) is -5.54. The third kappa shape index (κ3) is 5.38. The molecule has 0 atom stereocenters. The van der Waals surface area contributed by atoms with E-state index in [4.69, 9.17) is 11.6 Å². The number of rotatable bonds is 5. The molecular formula is C24H16ClF6N3O3S. The number of carbonyl (C=O) groups excluding carboxylic acids is 1. The Morgan fingerprint density at radius 2 is 1.50 bits per heavy atom. The molecule has 0 fully saturated rings. The molecule has 14 heteroatoms. The highest BCUT2D eigenvalue weighted by molar-refractivity contribution is 7.92. The summed E-state index contributed by atoms with van der Waals surface area (Å²) in [5, 5.41) is 6.22. The maximum atomic E-state index is 13.4. The maximum absolute atomic E-state index is 13.4. The summed E-state index contributed by atoms with van der Waals surface area (Å²) in [4.78, 5) is 11.6. The van der Waals surface area contributed by atoms with Crippen LogP contribution in [0.1, 0.15) is 17.5 Å². The Labute approximate surface area is 217 Å². The van der Waals surface area contributed by atoms with Gasteiger partial charge in [0.1, 0.15) is 0 Å². The van der Waals surface area contributed by atoms with Crippen LogP contribution in [0, 0.1) is 0 Å². The smallest absolute Gasteiger partial charge is 0.322 e. The summed E-state index contributed by atoms with van der Waals surface area (Å²) in [6.07, 6.45) is -4.73. The standard InChI is InChI=1S/C24H14ClF6N3O3S.H2/c25-18-3-1-2-4-19(18)34-20(13-21(33-34)23(26,27)28)14-5-7-15(8-6-14)22(35)32-16-9-11-17(12-10-16)38(36,37)24(29,30)31;/h1-13H,(H,32,35);1H. The van der Waals surface area contributed by atoms with E-state index in [1.165, 1.54) is 36.4 Å². The first-order valence-corrected chi connectivity index (χ1v) is 12.3. The summed E-state index contributed by atoms with van der Waals surface area (Å²) in [6.45, 7) is 0. The number of halogens is 7. The molecule has 200 valence electrons. The van der Waals surface area contributed by atoms with E-state index >= 15 is 0 Å². The number of hydrogen-bond acceptors (Lipinski definition) is 4. The van der Waals surface area contributed by atoms with E-state index in [1.807, 2.05) is 0 Å². The first kappa shape index (κ1) is 27.2. The van der Waals surface area contributed by atoms with Crippen molar-refractivity contribution in [3.63, 3.8) is 0 Å². The molecule has 3 aromatic carbocycles. The van der Waals surface area contributed by atoms with Crippen LogP contribution in [-0.2, 0) is 16.0 Å². The number of alkyl halides is 6. The van der Waals surface area contributed by atoms with E-state index in [0.29, 0.717) is 12.1 Å². The van der Waals surface area contributed by atoms with E-state index in [9.17, 15) is 39.6 Å². The lowest BCUT2D eigenvalue weighted by Gasteiger charge is -2.11. The molecule has 0 saturated carbocycles. The molecule has 1 aromatic heterocycles. The molecule has 1 heterocycles. The Bertz CT molecular complexity index is 1600. The normalized spacial score (nSPS) is 12.4. The largest absolute Gasteiger partial charge is 0.501 e. The van der Waals surface area contributed by atoms with Gasteiger partial charge in [0.05, 0.1) is 21.3 Å². The van der Waals surface area contributed by atoms with Crippen LogP contribution in [-0.4, -0.2) is 29.6 Å². The van der Waals surface area contributed by atoms with Crippen LogP contribution in [0.3, 0.4) is 0 Å². The van der Waals surface area contributed by atoms with E-state index in [0.717, 1.165) is 22.9 Å². The molecular weight excluding hydrogens is 560 g/mol. The first-order valence-electron chi connectivity index (χ1n) is 10.4. The van der Waals surface area contributed by atoms with Gasteiger partial charge in [-0.25, -0.2) is 13.1 Å². The highest BCUT2D eigenvalue weighted by Crippen LogP contribution is 2.35. The number of para-hydroxylation sites is 1. The monoisotopic (exact) mass is 575 g/mol. The quantitative estimate of drug-likeness (QED) is 0.260. The van der Waals surface area contributed by atoms with Crippen molar-refractivity contribution >= 4 is 33.0 Å². The molecule has 0 unspecified atom stereocenters. The third-order valence-corrected chi connectivity index (χ3v) is 7.07. The number of carbonyl (C=O) groups is 1. The zero-order chi connectivity index (χ0) is 27.9. The van der Waals surface area contributed by atoms with Crippen molar-refractivity contribution in [2.45, 2.75) is 16.6 Å². The Kier molecular flexibility index (Phi) is 7.01. The summed E-state index contributed by atoms with van der Waals surface area (Å²) in [5.74, 6) is -0.696. The number of anilines is 1. The highest BCUT2D eigenvalue weighted by Gasteiger charge is 2.46. The lowest BCUT2D eigenvalue weighted by atomic mass is 10.1. The van der Waals surface area contributed by atoms with Gasteiger partial charge in [0.15, 0.2) is 5.69 Å². The van der Waals surface area contributed by atoms with Crippen LogP contribution in [0.2, 0.25) is 5.02 Å². The lowest BCUT2D eigenvalue weighted by Crippen LogP contribution is -2.23. The number of nitrogens with zero attached hydrogens (tertiary/aromatic N) is 2. The summed E-state index contributed by atoms with van der Waals surface area (Å²) < 4.78 is 102. The van der Waals surface area contributed by atoms with Crippen molar-refractivity contribution in [1.82, 2.24) is 9.78 Å². The van der Waals surface area contributed by atoms with Crippen LogP contribution in [0.15, 0.2) is 83.8 Å². The fourth-order valence-corrected chi connectivity index (χ4v) is 4.36. The number of benzene rings is 3. The first-order chi connectivity index (χ1) is 17.7. The SMILES string of the molecule is O=C(Nc1ccc(S(=O)(=O)C(F)(F)F)cc1)c1ccc(-c2cc(C(F)(F)F)nn2-c2ccccc2Cl)cc1.[HH]. The Morgan fingerprint density at radius 1 is 0.895 bits per heavy atom.